The Morgan fingerprint density at radius 2 is 2.38 bits per heavy atom. The van der Waals surface area contributed by atoms with Crippen LogP contribution in [0.4, 0.5) is 0 Å². The highest BCUT2D eigenvalue weighted by Crippen LogP contribution is 2.13. The normalized spacial score (nSPS) is 10.1. The van der Waals surface area contributed by atoms with E-state index in [9.17, 15) is 4.79 Å². The lowest BCUT2D eigenvalue weighted by Gasteiger charge is -2.04. The Morgan fingerprint density at radius 3 is 3.14 bits per heavy atom. The van der Waals surface area contributed by atoms with E-state index in [0.717, 1.165) is 11.3 Å². The van der Waals surface area contributed by atoms with E-state index in [-0.39, 0.29) is 12.5 Å². The molecule has 0 bridgehead atoms. The van der Waals surface area contributed by atoms with Gasteiger partial charge in [0.1, 0.15) is 24.6 Å². The lowest BCUT2D eigenvalue weighted by atomic mass is 10.2. The Bertz CT molecular complexity index is 622. The minimum Gasteiger partial charge on any atom is -0.487 e. The van der Waals surface area contributed by atoms with Crippen LogP contribution in [-0.4, -0.2) is 27.4 Å². The molecule has 0 aliphatic carbocycles. The molecule has 6 heteroatoms. The molecule has 2 aromatic rings. The first-order valence-corrected chi connectivity index (χ1v) is 6.63. The van der Waals surface area contributed by atoms with Gasteiger partial charge in [-0.1, -0.05) is 23.4 Å². The standard InChI is InChI=1S/C15H18N4O2/c1-3-7-16-15(20)10-19-9-13(17-18-19)11-21-14-6-4-5-12(2)8-14/h3-6,8-9H,1,7,10-11H2,2H3,(H,16,20). The predicted molar refractivity (Wildman–Crippen MR) is 78.7 cm³/mol. The molecule has 0 spiro atoms. The van der Waals surface area contributed by atoms with E-state index < -0.39 is 0 Å². The number of aromatic nitrogens is 3. The largest absolute Gasteiger partial charge is 0.487 e. The number of hydrogen-bond acceptors (Lipinski definition) is 4. The maximum absolute atomic E-state index is 11.5. The molecule has 0 atom stereocenters. The third-order valence-corrected chi connectivity index (χ3v) is 2.71. The number of ether oxygens (including phenoxy) is 1. The maximum atomic E-state index is 11.5. The zero-order valence-corrected chi connectivity index (χ0v) is 12.0. The zero-order chi connectivity index (χ0) is 15.1. The molecule has 0 aliphatic heterocycles. The fourth-order valence-corrected chi connectivity index (χ4v) is 1.73. The lowest BCUT2D eigenvalue weighted by Crippen LogP contribution is -2.27. The van der Waals surface area contributed by atoms with Crippen molar-refractivity contribution in [3.63, 3.8) is 0 Å². The fraction of sp³-hybridized carbons (Fsp3) is 0.267. The molecule has 6 nitrogen and oxygen atoms in total. The van der Waals surface area contributed by atoms with E-state index in [1.165, 1.54) is 4.68 Å². The van der Waals surface area contributed by atoms with Gasteiger partial charge in [-0.15, -0.1) is 11.7 Å². The number of amides is 1. The monoisotopic (exact) mass is 286 g/mol. The number of carbonyl (C=O) groups excluding carboxylic acids is 1. The molecule has 1 N–H and O–H groups in total. The average Bonchev–Trinajstić information content (AvgIpc) is 2.90. The van der Waals surface area contributed by atoms with Crippen molar-refractivity contribution in [2.45, 2.75) is 20.1 Å². The Balaban J connectivity index is 1.85. The average molecular weight is 286 g/mol. The SMILES string of the molecule is C=CCNC(=O)Cn1cc(COc2cccc(C)c2)nn1. The molecule has 2 rings (SSSR count). The van der Waals surface area contributed by atoms with Gasteiger partial charge in [-0.05, 0) is 24.6 Å². The van der Waals surface area contributed by atoms with Crippen LogP contribution in [0.2, 0.25) is 0 Å². The maximum Gasteiger partial charge on any atom is 0.242 e. The summed E-state index contributed by atoms with van der Waals surface area (Å²) < 4.78 is 7.11. The van der Waals surface area contributed by atoms with Crippen LogP contribution in [0, 0.1) is 6.92 Å². The molecule has 0 aliphatic rings. The highest BCUT2D eigenvalue weighted by Gasteiger charge is 2.06. The van der Waals surface area contributed by atoms with Crippen molar-refractivity contribution in [1.82, 2.24) is 20.3 Å². The van der Waals surface area contributed by atoms with E-state index in [0.29, 0.717) is 18.8 Å². The van der Waals surface area contributed by atoms with Gasteiger partial charge < -0.3 is 10.1 Å². The molecule has 0 radical (unpaired) electrons. The molecule has 0 saturated carbocycles. The number of nitrogens with one attached hydrogen (secondary N) is 1. The fourth-order valence-electron chi connectivity index (χ4n) is 1.73. The minimum atomic E-state index is -0.133. The molecule has 1 aromatic carbocycles. The van der Waals surface area contributed by atoms with Crippen molar-refractivity contribution in [2.24, 2.45) is 0 Å². The van der Waals surface area contributed by atoms with Gasteiger partial charge in [0.15, 0.2) is 0 Å². The second-order valence-electron chi connectivity index (χ2n) is 4.61. The van der Waals surface area contributed by atoms with Crippen LogP contribution in [0.5, 0.6) is 5.75 Å². The number of benzene rings is 1. The first-order chi connectivity index (χ1) is 10.2. The van der Waals surface area contributed by atoms with Gasteiger partial charge in [0, 0.05) is 6.54 Å². The van der Waals surface area contributed by atoms with Gasteiger partial charge >= 0.3 is 0 Å². The lowest BCUT2D eigenvalue weighted by molar-refractivity contribution is -0.121. The molecular formula is C15H18N4O2. The summed E-state index contributed by atoms with van der Waals surface area (Å²) in [6.07, 6.45) is 3.32. The summed E-state index contributed by atoms with van der Waals surface area (Å²) in [7, 11) is 0. The second-order valence-corrected chi connectivity index (χ2v) is 4.61. The summed E-state index contributed by atoms with van der Waals surface area (Å²) in [5, 5.41) is 10.5. The van der Waals surface area contributed by atoms with Gasteiger partial charge in [-0.2, -0.15) is 0 Å². The number of aryl methyl sites for hydroxylation is 1. The highest BCUT2D eigenvalue weighted by atomic mass is 16.5. The van der Waals surface area contributed by atoms with Crippen molar-refractivity contribution in [1.29, 1.82) is 0 Å². The van der Waals surface area contributed by atoms with Crippen molar-refractivity contribution >= 4 is 5.91 Å². The second kappa shape index (κ2) is 7.23. The van der Waals surface area contributed by atoms with Gasteiger partial charge in [-0.3, -0.25) is 4.79 Å². The van der Waals surface area contributed by atoms with Gasteiger partial charge in [0.25, 0.3) is 0 Å². The Hall–Kier alpha value is -2.63. The van der Waals surface area contributed by atoms with Crippen molar-refractivity contribution in [3.05, 3.63) is 54.4 Å². The van der Waals surface area contributed by atoms with Gasteiger partial charge in [0.2, 0.25) is 5.91 Å². The molecule has 21 heavy (non-hydrogen) atoms. The Kier molecular flexibility index (Phi) is 5.09. The third-order valence-electron chi connectivity index (χ3n) is 2.71. The predicted octanol–water partition coefficient (Wildman–Crippen LogP) is 1.47. The van der Waals surface area contributed by atoms with E-state index in [4.69, 9.17) is 4.74 Å². The highest BCUT2D eigenvalue weighted by molar-refractivity contribution is 5.75. The first kappa shape index (κ1) is 14.8. The number of hydrogen-bond donors (Lipinski definition) is 1. The first-order valence-electron chi connectivity index (χ1n) is 6.63. The zero-order valence-electron chi connectivity index (χ0n) is 12.0. The summed E-state index contributed by atoms with van der Waals surface area (Å²) in [4.78, 5) is 11.5. The molecule has 110 valence electrons. The van der Waals surface area contributed by atoms with Gasteiger partial charge in [-0.25, -0.2) is 4.68 Å². The molecule has 0 unspecified atom stereocenters. The van der Waals surface area contributed by atoms with Gasteiger partial charge in [0.05, 0.1) is 6.20 Å². The van der Waals surface area contributed by atoms with E-state index in [1.54, 1.807) is 12.3 Å². The van der Waals surface area contributed by atoms with Crippen LogP contribution >= 0.6 is 0 Å². The summed E-state index contributed by atoms with van der Waals surface area (Å²) in [6, 6.07) is 7.78. The minimum absolute atomic E-state index is 0.130. The summed E-state index contributed by atoms with van der Waals surface area (Å²) in [6.45, 7) is 6.43. The summed E-state index contributed by atoms with van der Waals surface area (Å²) in [5.74, 6) is 0.652. The van der Waals surface area contributed by atoms with Crippen molar-refractivity contribution in [2.75, 3.05) is 6.54 Å². The van der Waals surface area contributed by atoms with Crippen LogP contribution in [0.1, 0.15) is 11.3 Å². The molecule has 0 fully saturated rings. The molecule has 0 saturated heterocycles. The van der Waals surface area contributed by atoms with E-state index in [2.05, 4.69) is 22.2 Å². The Labute approximate surface area is 123 Å². The topological polar surface area (TPSA) is 69.0 Å². The van der Waals surface area contributed by atoms with Crippen LogP contribution in [0.15, 0.2) is 43.1 Å². The third kappa shape index (κ3) is 4.76. The van der Waals surface area contributed by atoms with Crippen molar-refractivity contribution < 1.29 is 9.53 Å². The van der Waals surface area contributed by atoms with E-state index in [1.807, 2.05) is 31.2 Å². The van der Waals surface area contributed by atoms with Crippen LogP contribution in [0.25, 0.3) is 0 Å². The molecule has 1 heterocycles. The molecule has 1 amide bonds. The number of carbonyl (C=O) groups is 1. The van der Waals surface area contributed by atoms with Crippen LogP contribution in [-0.2, 0) is 17.9 Å². The molecular weight excluding hydrogens is 268 g/mol. The smallest absolute Gasteiger partial charge is 0.242 e. The van der Waals surface area contributed by atoms with E-state index >= 15 is 0 Å². The number of nitrogens with zero attached hydrogens (tertiary/aromatic N) is 3. The summed E-state index contributed by atoms with van der Waals surface area (Å²) in [5.41, 5.74) is 1.81. The van der Waals surface area contributed by atoms with Crippen LogP contribution < -0.4 is 10.1 Å². The molecule has 1 aromatic heterocycles. The number of rotatable bonds is 7. The quantitative estimate of drug-likeness (QED) is 0.783. The Morgan fingerprint density at radius 1 is 1.52 bits per heavy atom. The summed E-state index contributed by atoms with van der Waals surface area (Å²) >= 11 is 0. The van der Waals surface area contributed by atoms with Crippen molar-refractivity contribution in [3.8, 4) is 5.75 Å². The van der Waals surface area contributed by atoms with Crippen LogP contribution in [0.3, 0.4) is 0 Å².